The quantitative estimate of drug-likeness (QED) is 0.429. The van der Waals surface area contributed by atoms with Crippen molar-refractivity contribution >= 4 is 22.3 Å². The first-order chi connectivity index (χ1) is 16.1. The molecule has 4 aromatic rings. The van der Waals surface area contributed by atoms with Crippen LogP contribution >= 0.6 is 0 Å². The molecule has 3 N–H and O–H groups in total. The van der Waals surface area contributed by atoms with Crippen LogP contribution in [0.5, 0.6) is 6.01 Å². The number of H-pyrrole nitrogens is 1. The van der Waals surface area contributed by atoms with Crippen molar-refractivity contribution in [2.75, 3.05) is 25.5 Å². The number of nitrogens with one attached hydrogen (secondary N) is 3. The SMILES string of the molecule is COc1ncc(-c2cc3cc[nH]c(=O)c3c(Nc3ccc(C4CCNCC4)c(F)c3)n2)cn1. The van der Waals surface area contributed by atoms with Crippen molar-refractivity contribution in [3.63, 3.8) is 0 Å². The van der Waals surface area contributed by atoms with Crippen LogP contribution in [0.1, 0.15) is 24.3 Å². The summed E-state index contributed by atoms with van der Waals surface area (Å²) in [6, 6.07) is 8.94. The number of anilines is 2. The molecule has 1 aromatic carbocycles. The van der Waals surface area contributed by atoms with Gasteiger partial charge in [0, 0.05) is 29.8 Å². The van der Waals surface area contributed by atoms with Crippen LogP contribution in [0.15, 0.2) is 53.7 Å². The highest BCUT2D eigenvalue weighted by Gasteiger charge is 2.19. The Balaban J connectivity index is 1.54. The minimum absolute atomic E-state index is 0.209. The molecular formula is C24H23FN6O2. The molecule has 5 rings (SSSR count). The molecule has 1 aliphatic rings. The number of benzene rings is 1. The van der Waals surface area contributed by atoms with E-state index in [0.29, 0.717) is 33.5 Å². The average Bonchev–Trinajstić information content (AvgIpc) is 2.84. The van der Waals surface area contributed by atoms with E-state index in [9.17, 15) is 9.18 Å². The third kappa shape index (κ3) is 4.27. The molecule has 0 unspecified atom stereocenters. The smallest absolute Gasteiger partial charge is 0.316 e. The average molecular weight is 446 g/mol. The second-order valence-electron chi connectivity index (χ2n) is 7.97. The van der Waals surface area contributed by atoms with Crippen molar-refractivity contribution in [2.24, 2.45) is 0 Å². The zero-order chi connectivity index (χ0) is 22.8. The number of aromatic nitrogens is 4. The summed E-state index contributed by atoms with van der Waals surface area (Å²) in [5, 5.41) is 7.52. The number of hydrogen-bond donors (Lipinski definition) is 3. The number of methoxy groups -OCH3 is 1. The van der Waals surface area contributed by atoms with Gasteiger partial charge in [0.15, 0.2) is 0 Å². The lowest BCUT2D eigenvalue weighted by Crippen LogP contribution is -2.27. The van der Waals surface area contributed by atoms with E-state index in [2.05, 4.69) is 30.6 Å². The monoisotopic (exact) mass is 446 g/mol. The largest absolute Gasteiger partial charge is 0.467 e. The summed E-state index contributed by atoms with van der Waals surface area (Å²) in [5.41, 5.74) is 2.19. The number of ether oxygens (including phenoxy) is 1. The Bertz CT molecular complexity index is 1350. The van der Waals surface area contributed by atoms with Crippen LogP contribution in [-0.2, 0) is 0 Å². The molecule has 0 bridgehead atoms. The van der Waals surface area contributed by atoms with Gasteiger partial charge in [0.25, 0.3) is 5.56 Å². The van der Waals surface area contributed by atoms with Crippen molar-refractivity contribution in [1.82, 2.24) is 25.3 Å². The molecule has 1 fully saturated rings. The molecular weight excluding hydrogens is 423 g/mol. The molecule has 0 atom stereocenters. The van der Waals surface area contributed by atoms with Crippen LogP contribution in [0.4, 0.5) is 15.9 Å². The first kappa shape index (κ1) is 21.0. The predicted molar refractivity (Wildman–Crippen MR) is 124 cm³/mol. The topological polar surface area (TPSA) is 105 Å². The van der Waals surface area contributed by atoms with E-state index in [4.69, 9.17) is 4.74 Å². The number of hydrogen-bond acceptors (Lipinski definition) is 7. The van der Waals surface area contributed by atoms with Crippen LogP contribution < -0.4 is 20.9 Å². The summed E-state index contributed by atoms with van der Waals surface area (Å²) in [6.07, 6.45) is 6.61. The number of aromatic amines is 1. The molecule has 3 aromatic heterocycles. The van der Waals surface area contributed by atoms with Crippen LogP contribution in [0.25, 0.3) is 22.0 Å². The van der Waals surface area contributed by atoms with Crippen LogP contribution in [0, 0.1) is 5.82 Å². The lowest BCUT2D eigenvalue weighted by Gasteiger charge is -2.23. The molecule has 0 amide bonds. The highest BCUT2D eigenvalue weighted by molar-refractivity contribution is 5.95. The standard InChI is InChI=1S/C24H23FN6O2/c1-33-24-28-12-16(13-29-24)20-10-15-6-9-27-23(32)21(15)22(31-20)30-17-2-3-18(19(25)11-17)14-4-7-26-8-5-14/h2-3,6,9-14,26H,4-5,7-8H2,1H3,(H,27,32)(H,30,31). The highest BCUT2D eigenvalue weighted by atomic mass is 19.1. The number of rotatable bonds is 5. The second kappa shape index (κ2) is 8.95. The van der Waals surface area contributed by atoms with Gasteiger partial charge in [-0.15, -0.1) is 0 Å². The maximum absolute atomic E-state index is 15.0. The van der Waals surface area contributed by atoms with Crippen molar-refractivity contribution < 1.29 is 9.13 Å². The molecule has 33 heavy (non-hydrogen) atoms. The number of nitrogens with zero attached hydrogens (tertiary/aromatic N) is 3. The minimum Gasteiger partial charge on any atom is -0.467 e. The Kier molecular flexibility index (Phi) is 5.70. The number of piperidine rings is 1. The molecule has 0 radical (unpaired) electrons. The zero-order valence-electron chi connectivity index (χ0n) is 18.1. The van der Waals surface area contributed by atoms with Gasteiger partial charge in [-0.2, -0.15) is 0 Å². The maximum Gasteiger partial charge on any atom is 0.316 e. The summed E-state index contributed by atoms with van der Waals surface area (Å²) >= 11 is 0. The molecule has 9 heteroatoms. The molecule has 4 heterocycles. The van der Waals surface area contributed by atoms with Gasteiger partial charge in [0.2, 0.25) is 0 Å². The van der Waals surface area contributed by atoms with E-state index in [1.807, 2.05) is 12.1 Å². The Labute approximate surface area is 189 Å². The number of halogens is 1. The first-order valence-corrected chi connectivity index (χ1v) is 10.8. The van der Waals surface area contributed by atoms with Gasteiger partial charge < -0.3 is 20.4 Å². The lowest BCUT2D eigenvalue weighted by atomic mass is 9.90. The summed E-state index contributed by atoms with van der Waals surface area (Å²) < 4.78 is 20.0. The summed E-state index contributed by atoms with van der Waals surface area (Å²) in [4.78, 5) is 28.2. The van der Waals surface area contributed by atoms with Gasteiger partial charge in [0.05, 0.1) is 18.2 Å². The predicted octanol–water partition coefficient (Wildman–Crippen LogP) is 3.74. The van der Waals surface area contributed by atoms with Gasteiger partial charge in [0.1, 0.15) is 11.6 Å². The van der Waals surface area contributed by atoms with Crippen molar-refractivity contribution in [2.45, 2.75) is 18.8 Å². The fraction of sp³-hybridized carbons (Fsp3) is 0.250. The van der Waals surface area contributed by atoms with E-state index >= 15 is 0 Å². The molecule has 0 spiro atoms. The van der Waals surface area contributed by atoms with Gasteiger partial charge in [-0.05, 0) is 67.1 Å². The van der Waals surface area contributed by atoms with Gasteiger partial charge in [-0.1, -0.05) is 6.07 Å². The lowest BCUT2D eigenvalue weighted by molar-refractivity contribution is 0.380. The van der Waals surface area contributed by atoms with Crippen LogP contribution in [0.2, 0.25) is 0 Å². The minimum atomic E-state index is -0.285. The summed E-state index contributed by atoms with van der Waals surface area (Å²) in [7, 11) is 1.49. The molecule has 0 aliphatic carbocycles. The third-order valence-electron chi connectivity index (χ3n) is 5.90. The third-order valence-corrected chi connectivity index (χ3v) is 5.90. The molecule has 1 saturated heterocycles. The molecule has 8 nitrogen and oxygen atoms in total. The Morgan fingerprint density at radius 3 is 2.64 bits per heavy atom. The number of fused-ring (bicyclic) bond motifs is 1. The van der Waals surface area contributed by atoms with E-state index in [1.165, 1.54) is 13.2 Å². The van der Waals surface area contributed by atoms with Crippen molar-refractivity contribution in [3.8, 4) is 17.3 Å². The van der Waals surface area contributed by atoms with Gasteiger partial charge in [-0.3, -0.25) is 4.79 Å². The normalized spacial score (nSPS) is 14.4. The second-order valence-corrected chi connectivity index (χ2v) is 7.97. The van der Waals surface area contributed by atoms with E-state index < -0.39 is 0 Å². The van der Waals surface area contributed by atoms with Gasteiger partial charge in [-0.25, -0.2) is 19.3 Å². The van der Waals surface area contributed by atoms with Crippen LogP contribution in [0.3, 0.4) is 0 Å². The van der Waals surface area contributed by atoms with Crippen molar-refractivity contribution in [3.05, 3.63) is 70.7 Å². The summed E-state index contributed by atoms with van der Waals surface area (Å²) in [6.45, 7) is 1.79. The fourth-order valence-electron chi connectivity index (χ4n) is 4.21. The Morgan fingerprint density at radius 2 is 1.91 bits per heavy atom. The fourth-order valence-corrected chi connectivity index (χ4v) is 4.21. The van der Waals surface area contributed by atoms with Crippen LogP contribution in [-0.4, -0.2) is 40.1 Å². The number of pyridine rings is 2. The molecule has 1 aliphatic heterocycles. The zero-order valence-corrected chi connectivity index (χ0v) is 18.1. The highest BCUT2D eigenvalue weighted by Crippen LogP contribution is 2.31. The van der Waals surface area contributed by atoms with Gasteiger partial charge >= 0.3 is 6.01 Å². The van der Waals surface area contributed by atoms with Crippen molar-refractivity contribution in [1.29, 1.82) is 0 Å². The summed E-state index contributed by atoms with van der Waals surface area (Å²) in [5.74, 6) is 0.277. The van der Waals surface area contributed by atoms with E-state index in [-0.39, 0.29) is 23.3 Å². The first-order valence-electron chi connectivity index (χ1n) is 10.8. The molecule has 0 saturated carbocycles. The Hall–Kier alpha value is -3.85. The maximum atomic E-state index is 15.0. The van der Waals surface area contributed by atoms with E-state index in [0.717, 1.165) is 31.5 Å². The van der Waals surface area contributed by atoms with E-state index in [1.54, 1.807) is 30.7 Å². The molecule has 168 valence electrons. The Morgan fingerprint density at radius 1 is 1.12 bits per heavy atom.